The second-order valence-corrected chi connectivity index (χ2v) is 8.54. The van der Waals surface area contributed by atoms with E-state index in [2.05, 4.69) is 10.6 Å². The molecule has 0 aliphatic carbocycles. The van der Waals surface area contributed by atoms with Gasteiger partial charge in [0.2, 0.25) is 0 Å². The van der Waals surface area contributed by atoms with E-state index in [1.165, 1.54) is 36.4 Å². The number of imide groups is 1. The topological polar surface area (TPSA) is 78.5 Å². The fraction of sp³-hybridized carbons (Fsp3) is 0.115. The van der Waals surface area contributed by atoms with Crippen molar-refractivity contribution >= 4 is 46.4 Å². The lowest BCUT2D eigenvalue weighted by molar-refractivity contribution is -0.137. The lowest BCUT2D eigenvalue weighted by atomic mass is 10.1. The van der Waals surface area contributed by atoms with Gasteiger partial charge in [-0.25, -0.2) is 4.90 Å². The third-order valence-corrected chi connectivity index (χ3v) is 5.85. The molecule has 36 heavy (non-hydrogen) atoms. The first-order valence-corrected chi connectivity index (χ1v) is 11.0. The number of anilines is 3. The Bertz CT molecular complexity index is 1420. The van der Waals surface area contributed by atoms with Crippen molar-refractivity contribution in [2.24, 2.45) is 0 Å². The Balaban J connectivity index is 1.49. The van der Waals surface area contributed by atoms with Crippen LogP contribution >= 0.6 is 11.6 Å². The summed E-state index contributed by atoms with van der Waals surface area (Å²) in [6.45, 7) is 3.62. The number of alkyl halides is 3. The molecule has 0 fully saturated rings. The Labute approximate surface area is 209 Å². The second kappa shape index (κ2) is 9.50. The Hall–Kier alpha value is -4.11. The van der Waals surface area contributed by atoms with Gasteiger partial charge in [0.1, 0.15) is 10.7 Å². The molecule has 1 aliphatic heterocycles. The van der Waals surface area contributed by atoms with Crippen molar-refractivity contribution in [1.29, 1.82) is 0 Å². The predicted octanol–water partition coefficient (Wildman–Crippen LogP) is 6.01. The molecule has 1 aliphatic rings. The zero-order chi connectivity index (χ0) is 26.2. The van der Waals surface area contributed by atoms with Gasteiger partial charge in [0.05, 0.1) is 11.3 Å². The van der Waals surface area contributed by atoms with Crippen LogP contribution < -0.4 is 15.5 Å². The minimum atomic E-state index is -4.53. The van der Waals surface area contributed by atoms with Gasteiger partial charge >= 0.3 is 6.18 Å². The van der Waals surface area contributed by atoms with E-state index in [0.29, 0.717) is 11.4 Å². The molecule has 0 saturated carbocycles. The molecule has 0 saturated heterocycles. The van der Waals surface area contributed by atoms with Gasteiger partial charge in [-0.1, -0.05) is 29.8 Å². The Morgan fingerprint density at radius 1 is 0.889 bits per heavy atom. The molecular weight excluding hydrogens is 495 g/mol. The molecule has 0 atom stereocenters. The maximum absolute atomic E-state index is 13.0. The van der Waals surface area contributed by atoms with Gasteiger partial charge < -0.3 is 10.6 Å². The van der Waals surface area contributed by atoms with Crippen molar-refractivity contribution in [3.05, 3.63) is 99.7 Å². The molecule has 3 aromatic rings. The number of aryl methyl sites for hydroxylation is 2. The second-order valence-electron chi connectivity index (χ2n) is 8.16. The van der Waals surface area contributed by atoms with Crippen LogP contribution in [0.2, 0.25) is 0 Å². The zero-order valence-electron chi connectivity index (χ0n) is 19.0. The molecular formula is C26H19ClF3N3O3. The van der Waals surface area contributed by atoms with E-state index in [1.54, 1.807) is 19.1 Å². The molecule has 4 rings (SSSR count). The van der Waals surface area contributed by atoms with Crippen LogP contribution in [0, 0.1) is 13.8 Å². The summed E-state index contributed by atoms with van der Waals surface area (Å²) < 4.78 is 38.7. The molecule has 1 heterocycles. The van der Waals surface area contributed by atoms with Crippen LogP contribution in [0.15, 0.2) is 77.5 Å². The number of amides is 3. The summed E-state index contributed by atoms with van der Waals surface area (Å²) in [6, 6.07) is 15.5. The summed E-state index contributed by atoms with van der Waals surface area (Å²) >= 11 is 6.19. The summed E-state index contributed by atoms with van der Waals surface area (Å²) in [7, 11) is 0. The highest BCUT2D eigenvalue weighted by Gasteiger charge is 2.39. The van der Waals surface area contributed by atoms with Crippen molar-refractivity contribution in [2.45, 2.75) is 20.0 Å². The lowest BCUT2D eigenvalue weighted by Gasteiger charge is -2.18. The lowest BCUT2D eigenvalue weighted by Crippen LogP contribution is -2.32. The molecule has 2 N–H and O–H groups in total. The monoisotopic (exact) mass is 513 g/mol. The van der Waals surface area contributed by atoms with Crippen molar-refractivity contribution in [1.82, 2.24) is 0 Å². The van der Waals surface area contributed by atoms with Crippen LogP contribution in [0.3, 0.4) is 0 Å². The minimum absolute atomic E-state index is 0.00411. The molecule has 0 aromatic heterocycles. The highest BCUT2D eigenvalue weighted by atomic mass is 35.5. The predicted molar refractivity (Wildman–Crippen MR) is 131 cm³/mol. The number of nitrogens with zero attached hydrogens (tertiary/aromatic N) is 1. The third-order valence-electron chi connectivity index (χ3n) is 5.50. The maximum Gasteiger partial charge on any atom is 0.416 e. The maximum atomic E-state index is 13.0. The molecule has 0 spiro atoms. The summed E-state index contributed by atoms with van der Waals surface area (Å²) in [4.78, 5) is 39.3. The summed E-state index contributed by atoms with van der Waals surface area (Å²) in [5, 5.41) is 4.97. The highest BCUT2D eigenvalue weighted by molar-refractivity contribution is 6.53. The first-order valence-electron chi connectivity index (χ1n) is 10.7. The van der Waals surface area contributed by atoms with Gasteiger partial charge in [0.25, 0.3) is 17.7 Å². The first kappa shape index (κ1) is 25.0. The van der Waals surface area contributed by atoms with Gasteiger partial charge in [-0.2, -0.15) is 13.2 Å². The van der Waals surface area contributed by atoms with Gasteiger partial charge in [-0.3, -0.25) is 14.4 Å². The SMILES string of the molecule is Cc1ccc(C)c(N2C(=O)C(Cl)=C(Nc3ccc(C(=O)Nc4cccc(C(F)(F)F)c4)cc3)C2=O)c1. The Morgan fingerprint density at radius 3 is 2.25 bits per heavy atom. The van der Waals surface area contributed by atoms with Crippen molar-refractivity contribution in [3.63, 3.8) is 0 Å². The zero-order valence-corrected chi connectivity index (χ0v) is 19.8. The van der Waals surface area contributed by atoms with Crippen LogP contribution in [0.25, 0.3) is 0 Å². The number of rotatable bonds is 5. The molecule has 3 amide bonds. The highest BCUT2D eigenvalue weighted by Crippen LogP contribution is 2.33. The first-order chi connectivity index (χ1) is 17.0. The number of benzene rings is 3. The van der Waals surface area contributed by atoms with Crippen LogP contribution in [0.1, 0.15) is 27.0 Å². The average molecular weight is 514 g/mol. The van der Waals surface area contributed by atoms with Crippen LogP contribution in [-0.2, 0) is 15.8 Å². The van der Waals surface area contributed by atoms with E-state index in [9.17, 15) is 27.6 Å². The number of nitrogens with one attached hydrogen (secondary N) is 2. The van der Waals surface area contributed by atoms with E-state index in [-0.39, 0.29) is 22.0 Å². The molecule has 10 heteroatoms. The number of halogens is 4. The van der Waals surface area contributed by atoms with E-state index >= 15 is 0 Å². The van der Waals surface area contributed by atoms with E-state index < -0.39 is 29.5 Å². The Kier molecular flexibility index (Phi) is 6.60. The van der Waals surface area contributed by atoms with E-state index in [0.717, 1.165) is 28.2 Å². The fourth-order valence-electron chi connectivity index (χ4n) is 3.62. The largest absolute Gasteiger partial charge is 0.416 e. The summed E-state index contributed by atoms with van der Waals surface area (Å²) in [6.07, 6.45) is -4.53. The van der Waals surface area contributed by atoms with E-state index in [4.69, 9.17) is 11.6 Å². The van der Waals surface area contributed by atoms with Crippen LogP contribution in [0.4, 0.5) is 30.2 Å². The van der Waals surface area contributed by atoms with Crippen molar-refractivity contribution < 1.29 is 27.6 Å². The number of hydrogen-bond acceptors (Lipinski definition) is 4. The van der Waals surface area contributed by atoms with Gasteiger partial charge in [-0.05, 0) is 73.5 Å². The smallest absolute Gasteiger partial charge is 0.350 e. The normalized spacial score (nSPS) is 13.9. The standard InChI is InChI=1S/C26H19ClF3N3O3/c1-14-6-7-15(2)20(12-14)33-24(35)21(27)22(25(33)36)31-18-10-8-16(9-11-18)23(34)32-19-5-3-4-17(13-19)26(28,29)30/h3-13,31H,1-2H3,(H,32,34). The number of carbonyl (C=O) groups excluding carboxylic acids is 3. The third kappa shape index (κ3) is 4.96. The summed E-state index contributed by atoms with van der Waals surface area (Å²) in [5.41, 5.74) is 1.58. The molecule has 3 aromatic carbocycles. The van der Waals surface area contributed by atoms with Gasteiger partial charge in [-0.15, -0.1) is 0 Å². The summed E-state index contributed by atoms with van der Waals surface area (Å²) in [5.74, 6) is -1.90. The fourth-order valence-corrected chi connectivity index (χ4v) is 3.83. The van der Waals surface area contributed by atoms with Crippen LogP contribution in [0.5, 0.6) is 0 Å². The van der Waals surface area contributed by atoms with E-state index in [1.807, 2.05) is 13.0 Å². The molecule has 0 unspecified atom stereocenters. The minimum Gasteiger partial charge on any atom is -0.350 e. The van der Waals surface area contributed by atoms with Crippen LogP contribution in [-0.4, -0.2) is 17.7 Å². The molecule has 0 radical (unpaired) electrons. The van der Waals surface area contributed by atoms with Crippen molar-refractivity contribution in [2.75, 3.05) is 15.5 Å². The Morgan fingerprint density at radius 2 is 1.58 bits per heavy atom. The number of carbonyl (C=O) groups is 3. The van der Waals surface area contributed by atoms with Gasteiger partial charge in [0.15, 0.2) is 0 Å². The average Bonchev–Trinajstić information content (AvgIpc) is 3.04. The van der Waals surface area contributed by atoms with Gasteiger partial charge in [0, 0.05) is 16.9 Å². The van der Waals surface area contributed by atoms with Crippen molar-refractivity contribution in [3.8, 4) is 0 Å². The molecule has 184 valence electrons. The quantitative estimate of drug-likeness (QED) is 0.410. The molecule has 6 nitrogen and oxygen atoms in total. The molecule has 0 bridgehead atoms. The number of hydrogen-bond donors (Lipinski definition) is 2.